The van der Waals surface area contributed by atoms with Crippen LogP contribution in [0.4, 0.5) is 5.82 Å². The smallest absolute Gasteiger partial charge is 0.226 e. The van der Waals surface area contributed by atoms with Gasteiger partial charge in [0, 0.05) is 38.4 Å². The van der Waals surface area contributed by atoms with Crippen LogP contribution >= 0.6 is 0 Å². The van der Waals surface area contributed by atoms with Gasteiger partial charge in [-0.05, 0) is 42.7 Å². The molecule has 3 heterocycles. The lowest BCUT2D eigenvalue weighted by atomic mass is 9.93. The van der Waals surface area contributed by atoms with Crippen molar-refractivity contribution in [2.24, 2.45) is 5.92 Å². The molecule has 31 heavy (non-hydrogen) atoms. The zero-order valence-electron chi connectivity index (χ0n) is 17.6. The first kappa shape index (κ1) is 20.5. The lowest BCUT2D eigenvalue weighted by molar-refractivity contribution is -0.136. The van der Waals surface area contributed by atoms with Gasteiger partial charge in [0.2, 0.25) is 5.91 Å². The summed E-state index contributed by atoms with van der Waals surface area (Å²) in [5.41, 5.74) is 2.47. The van der Waals surface area contributed by atoms with Gasteiger partial charge >= 0.3 is 0 Å². The van der Waals surface area contributed by atoms with Gasteiger partial charge in [-0.1, -0.05) is 36.4 Å². The molecule has 1 aliphatic heterocycles. The number of benzene rings is 1. The third kappa shape index (κ3) is 4.56. The van der Waals surface area contributed by atoms with E-state index in [1.54, 1.807) is 18.5 Å². The molecule has 6 nitrogen and oxygen atoms in total. The van der Waals surface area contributed by atoms with Crippen molar-refractivity contribution >= 4 is 11.7 Å². The number of carbonyl (C=O) groups is 1. The molecule has 4 rings (SSSR count). The van der Waals surface area contributed by atoms with Crippen molar-refractivity contribution in [3.63, 3.8) is 0 Å². The van der Waals surface area contributed by atoms with E-state index in [2.05, 4.69) is 20.9 Å². The fourth-order valence-electron chi connectivity index (χ4n) is 4.18. The summed E-state index contributed by atoms with van der Waals surface area (Å²) in [6.45, 7) is 1.53. The number of hydrogen-bond acceptors (Lipinski definition) is 5. The van der Waals surface area contributed by atoms with E-state index in [-0.39, 0.29) is 17.9 Å². The Morgan fingerprint density at radius 3 is 2.42 bits per heavy atom. The maximum Gasteiger partial charge on any atom is 0.226 e. The third-order valence-electron chi connectivity index (χ3n) is 5.86. The summed E-state index contributed by atoms with van der Waals surface area (Å²) < 4.78 is 0. The second-order valence-corrected chi connectivity index (χ2v) is 7.80. The topological polar surface area (TPSA) is 73.1 Å². The second-order valence-electron chi connectivity index (χ2n) is 7.80. The van der Waals surface area contributed by atoms with Gasteiger partial charge in [0.05, 0.1) is 17.3 Å². The van der Waals surface area contributed by atoms with Gasteiger partial charge in [-0.3, -0.25) is 9.78 Å². The lowest BCUT2D eigenvalue weighted by Gasteiger charge is -2.36. The Morgan fingerprint density at radius 1 is 1.06 bits per heavy atom. The number of piperidine rings is 1. The average Bonchev–Trinajstić information content (AvgIpc) is 2.85. The quantitative estimate of drug-likeness (QED) is 0.638. The molecule has 1 saturated heterocycles. The van der Waals surface area contributed by atoms with E-state index in [4.69, 9.17) is 5.26 Å². The third-order valence-corrected chi connectivity index (χ3v) is 5.86. The van der Waals surface area contributed by atoms with Crippen LogP contribution in [0.25, 0.3) is 0 Å². The number of rotatable bonds is 5. The van der Waals surface area contributed by atoms with Crippen LogP contribution in [0.2, 0.25) is 0 Å². The average molecular weight is 412 g/mol. The van der Waals surface area contributed by atoms with Crippen LogP contribution in [0.5, 0.6) is 0 Å². The molecular weight excluding hydrogens is 386 g/mol. The van der Waals surface area contributed by atoms with E-state index in [1.807, 2.05) is 66.5 Å². The number of amides is 1. The molecule has 0 N–H and O–H groups in total. The molecule has 3 aromatic rings. The lowest BCUT2D eigenvalue weighted by Crippen LogP contribution is -2.43. The van der Waals surface area contributed by atoms with Crippen LogP contribution in [0, 0.1) is 17.2 Å². The summed E-state index contributed by atoms with van der Waals surface area (Å²) in [4.78, 5) is 26.4. The molecule has 0 radical (unpaired) electrons. The largest absolute Gasteiger partial charge is 0.357 e. The molecule has 0 bridgehead atoms. The van der Waals surface area contributed by atoms with Crippen molar-refractivity contribution in [2.45, 2.75) is 18.9 Å². The molecular formula is C25H25N5O. The predicted octanol–water partition coefficient (Wildman–Crippen LogP) is 3.81. The monoisotopic (exact) mass is 411 g/mol. The van der Waals surface area contributed by atoms with Gasteiger partial charge < -0.3 is 9.80 Å². The number of nitriles is 1. The molecule has 1 aromatic carbocycles. The number of pyridine rings is 2. The summed E-state index contributed by atoms with van der Waals surface area (Å²) in [6, 6.07) is 21.4. The number of aromatic nitrogens is 2. The number of carbonyl (C=O) groups excluding carboxylic acids is 1. The normalized spacial score (nSPS) is 15.2. The van der Waals surface area contributed by atoms with Gasteiger partial charge in [-0.15, -0.1) is 0 Å². The van der Waals surface area contributed by atoms with Crippen molar-refractivity contribution < 1.29 is 4.79 Å². The Kier molecular flexibility index (Phi) is 6.23. The standard InChI is InChI=1S/C25H25N5O/c1-29(24(20-7-3-2-4-8-20)22-9-5-6-14-27-22)25(31)21-12-15-30(16-13-21)23-11-10-19(17-26)18-28-23/h2-11,14,18,21,24H,12-13,15-16H2,1H3. The highest BCUT2D eigenvalue weighted by Gasteiger charge is 2.32. The van der Waals surface area contributed by atoms with E-state index in [0.717, 1.165) is 43.0 Å². The molecule has 0 aliphatic carbocycles. The van der Waals surface area contributed by atoms with E-state index >= 15 is 0 Å². The maximum absolute atomic E-state index is 13.4. The van der Waals surface area contributed by atoms with Crippen LogP contribution in [-0.2, 0) is 4.79 Å². The van der Waals surface area contributed by atoms with Crippen molar-refractivity contribution in [1.29, 1.82) is 5.26 Å². The van der Waals surface area contributed by atoms with Gasteiger partial charge in [0.15, 0.2) is 0 Å². The summed E-state index contributed by atoms with van der Waals surface area (Å²) in [5, 5.41) is 8.95. The molecule has 1 fully saturated rings. The Balaban J connectivity index is 1.47. The Bertz CT molecular complexity index is 999. The van der Waals surface area contributed by atoms with Crippen molar-refractivity contribution in [2.75, 3.05) is 25.0 Å². The SMILES string of the molecule is CN(C(=O)C1CCN(c2ccc(C#N)cn2)CC1)C(c1ccccc1)c1ccccn1. The molecule has 1 amide bonds. The fourth-order valence-corrected chi connectivity index (χ4v) is 4.18. The summed E-state index contributed by atoms with van der Waals surface area (Å²) in [5.74, 6) is 0.968. The minimum absolute atomic E-state index is 0.0328. The van der Waals surface area contributed by atoms with Crippen LogP contribution in [-0.4, -0.2) is 40.9 Å². The summed E-state index contributed by atoms with van der Waals surface area (Å²) >= 11 is 0. The Labute approximate surface area is 182 Å². The predicted molar refractivity (Wildman–Crippen MR) is 119 cm³/mol. The molecule has 6 heteroatoms. The first-order valence-corrected chi connectivity index (χ1v) is 10.5. The first-order chi connectivity index (χ1) is 15.2. The van der Waals surface area contributed by atoms with Gasteiger partial charge in [0.25, 0.3) is 0 Å². The Morgan fingerprint density at radius 2 is 1.81 bits per heavy atom. The molecule has 0 spiro atoms. The van der Waals surface area contributed by atoms with E-state index < -0.39 is 0 Å². The van der Waals surface area contributed by atoms with Crippen LogP contribution in [0.1, 0.15) is 35.7 Å². The maximum atomic E-state index is 13.4. The van der Waals surface area contributed by atoms with Crippen LogP contribution in [0.3, 0.4) is 0 Å². The Hall–Kier alpha value is -3.72. The van der Waals surface area contributed by atoms with Crippen LogP contribution in [0.15, 0.2) is 73.1 Å². The number of nitrogens with zero attached hydrogens (tertiary/aromatic N) is 5. The zero-order valence-corrected chi connectivity index (χ0v) is 17.6. The number of hydrogen-bond donors (Lipinski definition) is 0. The second kappa shape index (κ2) is 9.40. The highest BCUT2D eigenvalue weighted by molar-refractivity contribution is 5.80. The molecule has 0 saturated carbocycles. The van der Waals surface area contributed by atoms with Crippen molar-refractivity contribution in [3.8, 4) is 6.07 Å². The molecule has 1 unspecified atom stereocenters. The summed E-state index contributed by atoms with van der Waals surface area (Å²) in [6.07, 6.45) is 4.91. The summed E-state index contributed by atoms with van der Waals surface area (Å²) in [7, 11) is 1.88. The van der Waals surface area contributed by atoms with E-state index in [9.17, 15) is 4.79 Å². The molecule has 1 aliphatic rings. The highest BCUT2D eigenvalue weighted by Crippen LogP contribution is 2.30. The minimum atomic E-state index is -0.215. The van der Waals surface area contributed by atoms with Gasteiger partial charge in [-0.2, -0.15) is 5.26 Å². The molecule has 2 aromatic heterocycles. The molecule has 1 atom stereocenters. The minimum Gasteiger partial charge on any atom is -0.357 e. The zero-order chi connectivity index (χ0) is 21.6. The van der Waals surface area contributed by atoms with Crippen molar-refractivity contribution in [3.05, 3.63) is 89.9 Å². The number of anilines is 1. The van der Waals surface area contributed by atoms with Gasteiger partial charge in [-0.25, -0.2) is 4.98 Å². The fraction of sp³-hybridized carbons (Fsp3) is 0.280. The highest BCUT2D eigenvalue weighted by atomic mass is 16.2. The first-order valence-electron chi connectivity index (χ1n) is 10.5. The van der Waals surface area contributed by atoms with Crippen LogP contribution < -0.4 is 4.90 Å². The van der Waals surface area contributed by atoms with Gasteiger partial charge in [0.1, 0.15) is 11.9 Å². The molecule has 156 valence electrons. The van der Waals surface area contributed by atoms with Crippen molar-refractivity contribution in [1.82, 2.24) is 14.9 Å². The van der Waals surface area contributed by atoms with E-state index in [0.29, 0.717) is 5.56 Å². The van der Waals surface area contributed by atoms with E-state index in [1.165, 1.54) is 0 Å².